The molecule has 20 heavy (non-hydrogen) atoms. The summed E-state index contributed by atoms with van der Waals surface area (Å²) in [7, 11) is 1.72. The topological polar surface area (TPSA) is 72.1 Å². The Morgan fingerprint density at radius 2 is 1.90 bits per heavy atom. The zero-order valence-corrected chi connectivity index (χ0v) is 12.9. The Kier molecular flexibility index (Phi) is 7.42. The van der Waals surface area contributed by atoms with Gasteiger partial charge in [-0.1, -0.05) is 12.1 Å². The molecular weight excluding hydrogens is 299 g/mol. The van der Waals surface area contributed by atoms with Crippen molar-refractivity contribution in [1.29, 1.82) is 0 Å². The number of carbonyl (C=O) groups is 1. The summed E-state index contributed by atoms with van der Waals surface area (Å²) < 4.78 is 0. The number of carbonyl (C=O) groups excluding carboxylic acids is 1. The van der Waals surface area contributed by atoms with E-state index >= 15 is 0 Å². The normalized spacial score (nSPS) is 11.2. The van der Waals surface area contributed by atoms with Crippen molar-refractivity contribution in [3.8, 4) is 0 Å². The molecule has 0 saturated heterocycles. The molecule has 0 spiro atoms. The van der Waals surface area contributed by atoms with Gasteiger partial charge in [-0.05, 0) is 19.1 Å². The highest BCUT2D eigenvalue weighted by Gasteiger charge is 2.18. The third kappa shape index (κ3) is 3.79. The number of nitrogens with zero attached hydrogens (tertiary/aromatic N) is 3. The average molecular weight is 317 g/mol. The van der Waals surface area contributed by atoms with E-state index in [1.807, 2.05) is 31.2 Å². The van der Waals surface area contributed by atoms with Gasteiger partial charge in [0.15, 0.2) is 0 Å². The van der Waals surface area contributed by atoms with Crippen molar-refractivity contribution in [1.82, 2.24) is 14.9 Å². The molecule has 1 heterocycles. The number of hydrogen-bond donors (Lipinski definition) is 1. The Hall–Kier alpha value is -1.43. The minimum absolute atomic E-state index is 0. The highest BCUT2D eigenvalue weighted by atomic mass is 35.5. The Bertz CT molecular complexity index is 579. The second kappa shape index (κ2) is 7.99. The first-order valence-electron chi connectivity index (χ1n) is 5.82. The van der Waals surface area contributed by atoms with E-state index in [4.69, 9.17) is 5.73 Å². The van der Waals surface area contributed by atoms with Crippen LogP contribution in [0, 0.1) is 0 Å². The molecule has 0 saturated carbocycles. The Labute approximate surface area is 130 Å². The van der Waals surface area contributed by atoms with Crippen LogP contribution < -0.4 is 5.73 Å². The number of halogens is 2. The molecule has 1 unspecified atom stereocenters. The van der Waals surface area contributed by atoms with Crippen LogP contribution >= 0.6 is 24.8 Å². The maximum atomic E-state index is 12.2. The third-order valence-corrected chi connectivity index (χ3v) is 2.99. The van der Waals surface area contributed by atoms with Gasteiger partial charge < -0.3 is 10.6 Å². The van der Waals surface area contributed by atoms with Crippen LogP contribution in [0.4, 0.5) is 0 Å². The smallest absolute Gasteiger partial charge is 0.274 e. The van der Waals surface area contributed by atoms with E-state index in [-0.39, 0.29) is 36.8 Å². The van der Waals surface area contributed by atoms with Crippen molar-refractivity contribution < 1.29 is 4.79 Å². The summed E-state index contributed by atoms with van der Waals surface area (Å²) in [5, 5.41) is 0. The molecule has 1 aromatic carbocycles. The number of benzene rings is 1. The summed E-state index contributed by atoms with van der Waals surface area (Å²) in [5.41, 5.74) is 7.39. The van der Waals surface area contributed by atoms with Crippen LogP contribution in [-0.4, -0.2) is 40.4 Å². The predicted molar refractivity (Wildman–Crippen MR) is 84.6 cm³/mol. The van der Waals surface area contributed by atoms with Crippen molar-refractivity contribution in [3.05, 3.63) is 36.2 Å². The number of rotatable bonds is 3. The Morgan fingerprint density at radius 1 is 1.30 bits per heavy atom. The van der Waals surface area contributed by atoms with Gasteiger partial charge in [0.2, 0.25) is 0 Å². The molecule has 7 heteroatoms. The van der Waals surface area contributed by atoms with E-state index in [0.29, 0.717) is 12.2 Å². The molecule has 1 amide bonds. The Balaban J connectivity index is 0.00000180. The number of aromatic nitrogens is 2. The standard InChI is InChI=1S/C13H16N4O.2ClH/c1-9(7-14)17(2)13(18)12-8-15-10-5-3-4-6-11(10)16-12;;/h3-6,8-9H,7,14H2,1-2H3;2*1H. The van der Waals surface area contributed by atoms with Gasteiger partial charge in [-0.3, -0.25) is 9.78 Å². The molecule has 1 aromatic heterocycles. The lowest BCUT2D eigenvalue weighted by molar-refractivity contribution is 0.0742. The molecule has 0 bridgehead atoms. The van der Waals surface area contributed by atoms with Crippen molar-refractivity contribution in [3.63, 3.8) is 0 Å². The van der Waals surface area contributed by atoms with Crippen LogP contribution in [0.1, 0.15) is 17.4 Å². The lowest BCUT2D eigenvalue weighted by atomic mass is 10.2. The largest absolute Gasteiger partial charge is 0.336 e. The quantitative estimate of drug-likeness (QED) is 0.938. The van der Waals surface area contributed by atoms with Gasteiger partial charge in [-0.15, -0.1) is 24.8 Å². The summed E-state index contributed by atoms with van der Waals surface area (Å²) in [5.74, 6) is -0.161. The van der Waals surface area contributed by atoms with Gasteiger partial charge in [-0.2, -0.15) is 0 Å². The summed E-state index contributed by atoms with van der Waals surface area (Å²) in [4.78, 5) is 22.3. The van der Waals surface area contributed by atoms with Gasteiger partial charge in [0.05, 0.1) is 17.2 Å². The molecule has 5 nitrogen and oxygen atoms in total. The summed E-state index contributed by atoms with van der Waals surface area (Å²) in [6.45, 7) is 2.32. The molecule has 110 valence electrons. The first-order valence-corrected chi connectivity index (χ1v) is 5.82. The first-order chi connectivity index (χ1) is 8.63. The van der Waals surface area contributed by atoms with Crippen molar-refractivity contribution in [2.75, 3.05) is 13.6 Å². The van der Waals surface area contributed by atoms with Crippen molar-refractivity contribution >= 4 is 41.8 Å². The lowest BCUT2D eigenvalue weighted by Crippen LogP contribution is -2.40. The van der Waals surface area contributed by atoms with Crippen LogP contribution in [0.15, 0.2) is 30.5 Å². The Morgan fingerprint density at radius 3 is 2.50 bits per heavy atom. The summed E-state index contributed by atoms with van der Waals surface area (Å²) >= 11 is 0. The second-order valence-electron chi connectivity index (χ2n) is 4.24. The minimum atomic E-state index is -0.161. The lowest BCUT2D eigenvalue weighted by Gasteiger charge is -2.23. The fourth-order valence-electron chi connectivity index (χ4n) is 1.60. The van der Waals surface area contributed by atoms with Crippen LogP contribution in [0.3, 0.4) is 0 Å². The maximum absolute atomic E-state index is 12.2. The van der Waals surface area contributed by atoms with Gasteiger partial charge in [0, 0.05) is 19.6 Å². The number of para-hydroxylation sites is 2. The molecule has 2 N–H and O–H groups in total. The van der Waals surface area contributed by atoms with Gasteiger partial charge >= 0.3 is 0 Å². The molecular formula is C13H18Cl2N4O. The van der Waals surface area contributed by atoms with Gasteiger partial charge in [-0.25, -0.2) is 4.98 Å². The van der Waals surface area contributed by atoms with Crippen LogP contribution in [0.2, 0.25) is 0 Å². The molecule has 0 radical (unpaired) electrons. The first kappa shape index (κ1) is 18.6. The number of likely N-dealkylation sites (N-methyl/N-ethyl adjacent to an activating group) is 1. The highest BCUT2D eigenvalue weighted by Crippen LogP contribution is 2.10. The third-order valence-electron chi connectivity index (χ3n) is 2.99. The molecule has 1 atom stereocenters. The van der Waals surface area contributed by atoms with Crippen molar-refractivity contribution in [2.24, 2.45) is 5.73 Å². The molecule has 0 fully saturated rings. The number of amides is 1. The summed E-state index contributed by atoms with van der Waals surface area (Å²) in [6, 6.07) is 7.44. The van der Waals surface area contributed by atoms with Gasteiger partial charge in [0.25, 0.3) is 5.91 Å². The fraction of sp³-hybridized carbons (Fsp3) is 0.308. The molecule has 2 rings (SSSR count). The number of hydrogen-bond acceptors (Lipinski definition) is 4. The SMILES string of the molecule is CC(CN)N(C)C(=O)c1cnc2ccccc2n1.Cl.Cl. The predicted octanol–water partition coefficient (Wildman–Crippen LogP) is 1.89. The highest BCUT2D eigenvalue weighted by molar-refractivity contribution is 5.93. The van der Waals surface area contributed by atoms with E-state index in [1.165, 1.54) is 6.20 Å². The van der Waals surface area contributed by atoms with E-state index in [1.54, 1.807) is 11.9 Å². The van der Waals surface area contributed by atoms with E-state index in [9.17, 15) is 4.79 Å². The van der Waals surface area contributed by atoms with Crippen LogP contribution in [-0.2, 0) is 0 Å². The number of nitrogens with two attached hydrogens (primary N) is 1. The van der Waals surface area contributed by atoms with E-state index < -0.39 is 0 Å². The number of fused-ring (bicyclic) bond motifs is 1. The van der Waals surface area contributed by atoms with E-state index in [2.05, 4.69) is 9.97 Å². The maximum Gasteiger partial charge on any atom is 0.274 e. The monoisotopic (exact) mass is 316 g/mol. The van der Waals surface area contributed by atoms with Crippen LogP contribution in [0.5, 0.6) is 0 Å². The molecule has 2 aromatic rings. The summed E-state index contributed by atoms with van der Waals surface area (Å²) in [6.07, 6.45) is 1.50. The molecule has 0 aliphatic carbocycles. The average Bonchev–Trinajstić information content (AvgIpc) is 2.44. The van der Waals surface area contributed by atoms with E-state index in [0.717, 1.165) is 11.0 Å². The minimum Gasteiger partial charge on any atom is -0.336 e. The zero-order valence-electron chi connectivity index (χ0n) is 11.3. The second-order valence-corrected chi connectivity index (χ2v) is 4.24. The fourth-order valence-corrected chi connectivity index (χ4v) is 1.60. The zero-order chi connectivity index (χ0) is 13.1. The molecule has 0 aliphatic rings. The van der Waals surface area contributed by atoms with Crippen molar-refractivity contribution in [2.45, 2.75) is 13.0 Å². The molecule has 0 aliphatic heterocycles. The van der Waals surface area contributed by atoms with Gasteiger partial charge in [0.1, 0.15) is 5.69 Å². The van der Waals surface area contributed by atoms with Crippen LogP contribution in [0.25, 0.3) is 11.0 Å².